The Hall–Kier alpha value is -2.72. The first-order chi connectivity index (χ1) is 15.0. The molecule has 0 radical (unpaired) electrons. The molecule has 1 saturated heterocycles. The highest BCUT2D eigenvalue weighted by molar-refractivity contribution is 7.89. The molecular weight excluding hydrogens is 418 g/mol. The summed E-state index contributed by atoms with van der Waals surface area (Å²) in [5.74, 6) is 0.318. The number of fused-ring (bicyclic) bond motifs is 1. The van der Waals surface area contributed by atoms with Crippen molar-refractivity contribution in [1.82, 2.24) is 24.6 Å². The van der Waals surface area contributed by atoms with E-state index < -0.39 is 10.0 Å². The Morgan fingerprint density at radius 2 is 2.19 bits per heavy atom. The number of nitrogens with zero attached hydrogens (tertiary/aromatic N) is 4. The van der Waals surface area contributed by atoms with Crippen molar-refractivity contribution in [2.45, 2.75) is 44.0 Å². The number of furan rings is 1. The Bertz CT molecular complexity index is 1140. The summed E-state index contributed by atoms with van der Waals surface area (Å²) in [6, 6.07) is 8.58. The molecule has 0 unspecified atom stereocenters. The van der Waals surface area contributed by atoms with Gasteiger partial charge in [0.05, 0.1) is 22.6 Å². The fraction of sp³-hybridized carbons (Fsp3) is 0.476. The van der Waals surface area contributed by atoms with E-state index in [1.165, 1.54) is 4.31 Å². The lowest BCUT2D eigenvalue weighted by Gasteiger charge is -2.31. The van der Waals surface area contributed by atoms with Crippen LogP contribution in [0.3, 0.4) is 0 Å². The molecule has 1 aliphatic heterocycles. The van der Waals surface area contributed by atoms with Crippen LogP contribution in [-0.2, 0) is 27.8 Å². The van der Waals surface area contributed by atoms with E-state index in [1.807, 2.05) is 19.1 Å². The molecule has 3 heterocycles. The summed E-state index contributed by atoms with van der Waals surface area (Å²) in [6.45, 7) is 3.81. The molecule has 166 valence electrons. The third-order valence-corrected chi connectivity index (χ3v) is 7.43. The Morgan fingerprint density at radius 3 is 2.97 bits per heavy atom. The number of carbonyl (C=O) groups is 1. The minimum absolute atomic E-state index is 0.121. The lowest BCUT2D eigenvalue weighted by molar-refractivity contribution is -0.126. The number of aryl methyl sites for hydroxylation is 1. The van der Waals surface area contributed by atoms with E-state index in [2.05, 4.69) is 15.6 Å². The smallest absolute Gasteiger partial charge is 0.243 e. The number of carbonyl (C=O) groups excluding carboxylic acids is 1. The van der Waals surface area contributed by atoms with Crippen molar-refractivity contribution in [2.75, 3.05) is 19.6 Å². The first-order valence-electron chi connectivity index (χ1n) is 10.6. The summed E-state index contributed by atoms with van der Waals surface area (Å²) in [7, 11) is -3.72. The van der Waals surface area contributed by atoms with Crippen molar-refractivity contribution >= 4 is 27.0 Å². The predicted molar refractivity (Wildman–Crippen MR) is 115 cm³/mol. The first kappa shape index (κ1) is 21.5. The van der Waals surface area contributed by atoms with Gasteiger partial charge in [-0.05, 0) is 49.6 Å². The number of hydrogen-bond donors (Lipinski definition) is 1. The largest absolute Gasteiger partial charge is 0.469 e. The molecule has 1 atom stereocenters. The van der Waals surface area contributed by atoms with Gasteiger partial charge in [0.25, 0.3) is 0 Å². The summed E-state index contributed by atoms with van der Waals surface area (Å²) in [5, 5.41) is 11.1. The van der Waals surface area contributed by atoms with E-state index in [1.54, 1.807) is 29.1 Å². The highest BCUT2D eigenvalue weighted by atomic mass is 32.2. The van der Waals surface area contributed by atoms with Gasteiger partial charge in [0.15, 0.2) is 0 Å². The maximum absolute atomic E-state index is 13.2. The zero-order valence-corrected chi connectivity index (χ0v) is 18.3. The quantitative estimate of drug-likeness (QED) is 0.569. The van der Waals surface area contributed by atoms with Gasteiger partial charge in [0, 0.05) is 32.6 Å². The van der Waals surface area contributed by atoms with Crippen LogP contribution in [0, 0.1) is 5.92 Å². The first-order valence-corrected chi connectivity index (χ1v) is 12.1. The van der Waals surface area contributed by atoms with E-state index in [4.69, 9.17) is 4.42 Å². The molecule has 1 aromatic carbocycles. The Balaban J connectivity index is 1.43. The van der Waals surface area contributed by atoms with E-state index in [0.717, 1.165) is 24.2 Å². The molecule has 1 amide bonds. The monoisotopic (exact) mass is 445 g/mol. The molecule has 2 aromatic heterocycles. The van der Waals surface area contributed by atoms with Crippen LogP contribution in [0.5, 0.6) is 0 Å². The van der Waals surface area contributed by atoms with Gasteiger partial charge < -0.3 is 9.73 Å². The number of rotatable bonds is 8. The van der Waals surface area contributed by atoms with Crippen LogP contribution < -0.4 is 5.32 Å². The Morgan fingerprint density at radius 1 is 1.32 bits per heavy atom. The molecule has 31 heavy (non-hydrogen) atoms. The lowest BCUT2D eigenvalue weighted by Crippen LogP contribution is -2.45. The molecule has 4 rings (SSSR count). The fourth-order valence-corrected chi connectivity index (χ4v) is 5.47. The number of benzene rings is 1. The van der Waals surface area contributed by atoms with E-state index in [-0.39, 0.29) is 23.3 Å². The summed E-state index contributed by atoms with van der Waals surface area (Å²) < 4.78 is 34.9. The number of piperidine rings is 1. The second-order valence-electron chi connectivity index (χ2n) is 7.79. The summed E-state index contributed by atoms with van der Waals surface area (Å²) >= 11 is 0. The van der Waals surface area contributed by atoms with Gasteiger partial charge in [-0.1, -0.05) is 12.1 Å². The van der Waals surface area contributed by atoms with Crippen LogP contribution in [0.4, 0.5) is 0 Å². The van der Waals surface area contributed by atoms with Gasteiger partial charge in [-0.15, -0.1) is 5.10 Å². The van der Waals surface area contributed by atoms with Crippen LogP contribution in [0.25, 0.3) is 11.0 Å². The van der Waals surface area contributed by atoms with Crippen molar-refractivity contribution in [2.24, 2.45) is 5.92 Å². The Labute approximate surface area is 181 Å². The fourth-order valence-electron chi connectivity index (χ4n) is 3.92. The standard InChI is InChI=1S/C21H27N5O4S/c1-2-11-26-20-8-7-18(14-19(20)23-24-26)31(28,29)25-12-3-5-16(15-25)21(27)22-10-9-17-6-4-13-30-17/h4,6-8,13-14,16H,2-3,5,9-12,15H2,1H3,(H,22,27)/t16-/m1/s1. The van der Waals surface area contributed by atoms with Gasteiger partial charge >= 0.3 is 0 Å². The number of nitrogens with one attached hydrogen (secondary N) is 1. The van der Waals surface area contributed by atoms with Gasteiger partial charge in [0.2, 0.25) is 15.9 Å². The average Bonchev–Trinajstić information content (AvgIpc) is 3.44. The Kier molecular flexibility index (Phi) is 6.38. The van der Waals surface area contributed by atoms with Crippen molar-refractivity contribution in [3.05, 3.63) is 42.4 Å². The molecule has 0 aliphatic carbocycles. The van der Waals surface area contributed by atoms with Crippen molar-refractivity contribution < 1.29 is 17.6 Å². The minimum atomic E-state index is -3.72. The third kappa shape index (κ3) is 4.64. The molecule has 1 aliphatic rings. The average molecular weight is 446 g/mol. The molecular formula is C21H27N5O4S. The van der Waals surface area contributed by atoms with Crippen LogP contribution >= 0.6 is 0 Å². The van der Waals surface area contributed by atoms with Crippen LogP contribution in [0.2, 0.25) is 0 Å². The summed E-state index contributed by atoms with van der Waals surface area (Å²) in [6.07, 6.45) is 4.43. The summed E-state index contributed by atoms with van der Waals surface area (Å²) in [4.78, 5) is 12.8. The number of aromatic nitrogens is 3. The van der Waals surface area contributed by atoms with Crippen LogP contribution in [0.15, 0.2) is 45.9 Å². The molecule has 0 saturated carbocycles. The van der Waals surface area contributed by atoms with E-state index >= 15 is 0 Å². The molecule has 3 aromatic rings. The molecule has 1 fully saturated rings. The highest BCUT2D eigenvalue weighted by Crippen LogP contribution is 2.26. The second kappa shape index (κ2) is 9.19. The molecule has 0 bridgehead atoms. The molecule has 10 heteroatoms. The van der Waals surface area contributed by atoms with E-state index in [9.17, 15) is 13.2 Å². The van der Waals surface area contributed by atoms with Crippen LogP contribution in [0.1, 0.15) is 31.9 Å². The SMILES string of the molecule is CCCn1nnc2cc(S(=O)(=O)N3CCC[C@@H](C(=O)NCCc4ccco4)C3)ccc21. The number of hydrogen-bond acceptors (Lipinski definition) is 6. The zero-order valence-electron chi connectivity index (χ0n) is 17.5. The molecule has 0 spiro atoms. The predicted octanol–water partition coefficient (Wildman–Crippen LogP) is 2.19. The zero-order chi connectivity index (χ0) is 21.8. The number of amides is 1. The minimum Gasteiger partial charge on any atom is -0.469 e. The lowest BCUT2D eigenvalue weighted by atomic mass is 9.99. The van der Waals surface area contributed by atoms with Crippen molar-refractivity contribution in [1.29, 1.82) is 0 Å². The maximum Gasteiger partial charge on any atom is 0.243 e. The molecule has 9 nitrogen and oxygen atoms in total. The van der Waals surface area contributed by atoms with Crippen molar-refractivity contribution in [3.8, 4) is 0 Å². The third-order valence-electron chi connectivity index (χ3n) is 5.56. The maximum atomic E-state index is 13.2. The second-order valence-corrected chi connectivity index (χ2v) is 9.72. The van der Waals surface area contributed by atoms with Gasteiger partial charge in [-0.3, -0.25) is 4.79 Å². The number of sulfonamides is 1. The topological polar surface area (TPSA) is 110 Å². The van der Waals surface area contributed by atoms with Crippen molar-refractivity contribution in [3.63, 3.8) is 0 Å². The van der Waals surface area contributed by atoms with Gasteiger partial charge in [-0.2, -0.15) is 4.31 Å². The van der Waals surface area contributed by atoms with Crippen LogP contribution in [-0.4, -0.2) is 53.3 Å². The normalized spacial score (nSPS) is 17.8. The highest BCUT2D eigenvalue weighted by Gasteiger charge is 2.33. The van der Waals surface area contributed by atoms with E-state index in [0.29, 0.717) is 37.9 Å². The summed E-state index contributed by atoms with van der Waals surface area (Å²) in [5.41, 5.74) is 1.37. The molecule has 1 N–H and O–H groups in total. The van der Waals surface area contributed by atoms with Gasteiger partial charge in [-0.25, -0.2) is 13.1 Å². The van der Waals surface area contributed by atoms with Gasteiger partial charge in [0.1, 0.15) is 11.3 Å².